The van der Waals surface area contributed by atoms with E-state index in [1.165, 1.54) is 55.5 Å². The molecule has 0 radical (unpaired) electrons. The number of thiazole rings is 1. The van der Waals surface area contributed by atoms with Gasteiger partial charge in [-0.15, -0.1) is 23.7 Å². The summed E-state index contributed by atoms with van der Waals surface area (Å²) in [4.78, 5) is 7.22. The zero-order chi connectivity index (χ0) is 12.2. The van der Waals surface area contributed by atoms with Gasteiger partial charge in [0.05, 0.1) is 6.04 Å². The third-order valence-corrected chi connectivity index (χ3v) is 5.83. The van der Waals surface area contributed by atoms with Gasteiger partial charge in [-0.1, -0.05) is 0 Å². The summed E-state index contributed by atoms with van der Waals surface area (Å²) in [5, 5.41) is 6.88. The van der Waals surface area contributed by atoms with Crippen molar-refractivity contribution in [1.29, 1.82) is 0 Å². The van der Waals surface area contributed by atoms with Crippen LogP contribution in [-0.4, -0.2) is 47.6 Å². The number of aromatic nitrogens is 1. The minimum Gasteiger partial charge on any atom is -0.317 e. The molecule has 0 amide bonds. The van der Waals surface area contributed by atoms with Crippen molar-refractivity contribution in [1.82, 2.24) is 15.2 Å². The summed E-state index contributed by atoms with van der Waals surface area (Å²) in [6.45, 7) is 4.91. The minimum absolute atomic E-state index is 0. The average Bonchev–Trinajstić information content (AvgIpc) is 2.94. The fourth-order valence-electron chi connectivity index (χ4n) is 2.88. The van der Waals surface area contributed by atoms with E-state index in [1.807, 2.05) is 17.5 Å². The largest absolute Gasteiger partial charge is 0.317 e. The molecule has 0 bridgehead atoms. The Kier molecular flexibility index (Phi) is 6.42. The van der Waals surface area contributed by atoms with Crippen LogP contribution in [0.15, 0.2) is 11.6 Å². The standard InChI is InChI=1S/C13H21N3S2.ClH/c1-3-14-4-2-11(1)9-16-6-8-17-10-12(16)13-15-5-7-18-13;/h5,7,11-12,14H,1-4,6,8-10H2;1H. The Hall–Kier alpha value is 0.190. The molecular formula is C13H22ClN3S2. The molecule has 2 saturated heterocycles. The van der Waals surface area contributed by atoms with Crippen molar-refractivity contribution in [3.8, 4) is 0 Å². The first-order valence-corrected chi connectivity index (χ1v) is 8.89. The summed E-state index contributed by atoms with van der Waals surface area (Å²) < 4.78 is 0. The van der Waals surface area contributed by atoms with Crippen LogP contribution in [0, 0.1) is 5.92 Å². The number of thioether (sulfide) groups is 1. The fraction of sp³-hybridized carbons (Fsp3) is 0.769. The first kappa shape index (κ1) is 15.6. The van der Waals surface area contributed by atoms with Gasteiger partial charge in [0.2, 0.25) is 0 Å². The molecule has 1 aromatic rings. The molecule has 0 aliphatic carbocycles. The molecule has 2 aliphatic rings. The van der Waals surface area contributed by atoms with Crippen molar-refractivity contribution in [2.24, 2.45) is 5.92 Å². The zero-order valence-electron chi connectivity index (χ0n) is 11.1. The van der Waals surface area contributed by atoms with E-state index in [0.29, 0.717) is 6.04 Å². The molecule has 2 fully saturated rings. The molecule has 0 saturated carbocycles. The Labute approximate surface area is 130 Å². The Morgan fingerprint density at radius 1 is 1.37 bits per heavy atom. The molecule has 0 aromatic carbocycles. The number of halogens is 1. The Morgan fingerprint density at radius 2 is 2.21 bits per heavy atom. The zero-order valence-corrected chi connectivity index (χ0v) is 13.5. The third-order valence-electron chi connectivity index (χ3n) is 3.93. The van der Waals surface area contributed by atoms with Gasteiger partial charge in [0, 0.05) is 36.2 Å². The van der Waals surface area contributed by atoms with Crippen molar-refractivity contribution in [2.75, 3.05) is 37.7 Å². The molecule has 19 heavy (non-hydrogen) atoms. The maximum absolute atomic E-state index is 4.53. The van der Waals surface area contributed by atoms with Crippen molar-refractivity contribution >= 4 is 35.5 Å². The normalized spacial score (nSPS) is 26.0. The summed E-state index contributed by atoms with van der Waals surface area (Å²) in [5.74, 6) is 3.39. The molecule has 1 atom stereocenters. The van der Waals surface area contributed by atoms with Crippen LogP contribution in [0.3, 0.4) is 0 Å². The lowest BCUT2D eigenvalue weighted by Crippen LogP contribution is -2.41. The molecular weight excluding hydrogens is 298 g/mol. The van der Waals surface area contributed by atoms with Crippen LogP contribution in [0.2, 0.25) is 0 Å². The molecule has 3 heterocycles. The van der Waals surface area contributed by atoms with Crippen LogP contribution in [0.4, 0.5) is 0 Å². The highest BCUT2D eigenvalue weighted by Crippen LogP contribution is 2.32. The third kappa shape index (κ3) is 4.08. The van der Waals surface area contributed by atoms with Gasteiger partial charge in [0.25, 0.3) is 0 Å². The van der Waals surface area contributed by atoms with Gasteiger partial charge in [-0.3, -0.25) is 4.90 Å². The van der Waals surface area contributed by atoms with E-state index in [-0.39, 0.29) is 12.4 Å². The van der Waals surface area contributed by atoms with Gasteiger partial charge in [0.15, 0.2) is 0 Å². The van der Waals surface area contributed by atoms with Crippen molar-refractivity contribution in [2.45, 2.75) is 18.9 Å². The minimum atomic E-state index is 0. The van der Waals surface area contributed by atoms with E-state index < -0.39 is 0 Å². The highest BCUT2D eigenvalue weighted by atomic mass is 35.5. The predicted molar refractivity (Wildman–Crippen MR) is 86.6 cm³/mol. The van der Waals surface area contributed by atoms with Gasteiger partial charge < -0.3 is 5.32 Å². The molecule has 2 aliphatic heterocycles. The number of piperidine rings is 1. The maximum Gasteiger partial charge on any atom is 0.111 e. The van der Waals surface area contributed by atoms with Crippen LogP contribution in [0.5, 0.6) is 0 Å². The Morgan fingerprint density at radius 3 is 2.95 bits per heavy atom. The van der Waals surface area contributed by atoms with E-state index in [0.717, 1.165) is 5.92 Å². The van der Waals surface area contributed by atoms with Gasteiger partial charge in [0.1, 0.15) is 5.01 Å². The highest BCUT2D eigenvalue weighted by molar-refractivity contribution is 7.99. The van der Waals surface area contributed by atoms with Gasteiger partial charge >= 0.3 is 0 Å². The average molecular weight is 320 g/mol. The van der Waals surface area contributed by atoms with Crippen LogP contribution < -0.4 is 5.32 Å². The Bertz CT molecular complexity index is 355. The number of hydrogen-bond donors (Lipinski definition) is 1. The quantitative estimate of drug-likeness (QED) is 0.927. The van der Waals surface area contributed by atoms with Crippen molar-refractivity contribution < 1.29 is 0 Å². The molecule has 6 heteroatoms. The van der Waals surface area contributed by atoms with E-state index >= 15 is 0 Å². The summed E-state index contributed by atoms with van der Waals surface area (Å²) >= 11 is 3.90. The second-order valence-corrected chi connectivity index (χ2v) is 7.23. The fourth-order valence-corrected chi connectivity index (χ4v) is 4.88. The van der Waals surface area contributed by atoms with Crippen molar-refractivity contribution in [3.63, 3.8) is 0 Å². The number of rotatable bonds is 3. The lowest BCUT2D eigenvalue weighted by Gasteiger charge is -2.37. The smallest absolute Gasteiger partial charge is 0.111 e. The summed E-state index contributed by atoms with van der Waals surface area (Å²) in [6.07, 6.45) is 4.63. The van der Waals surface area contributed by atoms with Gasteiger partial charge in [-0.05, 0) is 31.8 Å². The van der Waals surface area contributed by atoms with Crippen LogP contribution in [0.25, 0.3) is 0 Å². The molecule has 1 N–H and O–H groups in total. The first-order chi connectivity index (χ1) is 8.93. The predicted octanol–water partition coefficient (Wildman–Crippen LogP) is 2.65. The Balaban J connectivity index is 0.00000133. The topological polar surface area (TPSA) is 28.2 Å². The molecule has 108 valence electrons. The van der Waals surface area contributed by atoms with Crippen LogP contribution in [0.1, 0.15) is 23.9 Å². The van der Waals surface area contributed by atoms with Crippen molar-refractivity contribution in [3.05, 3.63) is 16.6 Å². The second-order valence-electron chi connectivity index (χ2n) is 5.15. The molecule has 3 rings (SSSR count). The summed E-state index contributed by atoms with van der Waals surface area (Å²) in [6, 6.07) is 0.568. The lowest BCUT2D eigenvalue weighted by atomic mass is 9.97. The van der Waals surface area contributed by atoms with E-state index in [9.17, 15) is 0 Å². The van der Waals surface area contributed by atoms with E-state index in [4.69, 9.17) is 0 Å². The first-order valence-electron chi connectivity index (χ1n) is 6.85. The molecule has 1 unspecified atom stereocenters. The molecule has 0 spiro atoms. The van der Waals surface area contributed by atoms with Gasteiger partial charge in [-0.25, -0.2) is 4.98 Å². The summed E-state index contributed by atoms with van der Waals surface area (Å²) in [5.41, 5.74) is 0. The van der Waals surface area contributed by atoms with Crippen LogP contribution >= 0.6 is 35.5 Å². The van der Waals surface area contributed by atoms with Crippen LogP contribution in [-0.2, 0) is 0 Å². The molecule has 1 aromatic heterocycles. The highest BCUT2D eigenvalue weighted by Gasteiger charge is 2.28. The SMILES string of the molecule is Cl.c1csc(C2CSCCN2CC2CCNCC2)n1. The molecule has 3 nitrogen and oxygen atoms in total. The number of nitrogens with one attached hydrogen (secondary N) is 1. The number of hydrogen-bond acceptors (Lipinski definition) is 5. The monoisotopic (exact) mass is 319 g/mol. The number of nitrogens with zero attached hydrogens (tertiary/aromatic N) is 2. The lowest BCUT2D eigenvalue weighted by molar-refractivity contribution is 0.168. The maximum atomic E-state index is 4.53. The summed E-state index contributed by atoms with van der Waals surface area (Å²) in [7, 11) is 0. The van der Waals surface area contributed by atoms with Gasteiger partial charge in [-0.2, -0.15) is 11.8 Å². The van der Waals surface area contributed by atoms with E-state index in [1.54, 1.807) is 0 Å². The second kappa shape index (κ2) is 7.84. The van der Waals surface area contributed by atoms with E-state index in [2.05, 4.69) is 32.3 Å².